The van der Waals surface area contributed by atoms with Crippen LogP contribution in [-0.4, -0.2) is 65.4 Å². The van der Waals surface area contributed by atoms with Gasteiger partial charge in [0, 0.05) is 32.7 Å². The molecule has 5 heteroatoms. The van der Waals surface area contributed by atoms with Gasteiger partial charge in [-0.3, -0.25) is 0 Å². The van der Waals surface area contributed by atoms with E-state index in [0.29, 0.717) is 5.92 Å². The summed E-state index contributed by atoms with van der Waals surface area (Å²) in [6.45, 7) is 10.3. The van der Waals surface area contributed by atoms with Gasteiger partial charge in [0.1, 0.15) is 5.60 Å². The second kappa shape index (κ2) is 6.97. The van der Waals surface area contributed by atoms with E-state index in [9.17, 15) is 9.90 Å². The Hall–Kier alpha value is -0.810. The first-order valence-corrected chi connectivity index (χ1v) is 8.22. The molecule has 2 saturated heterocycles. The average Bonchev–Trinajstić information content (AvgIpc) is 2.40. The predicted molar refractivity (Wildman–Crippen MR) is 82.2 cm³/mol. The molecular formula is C16H30N2O3. The molecule has 2 heterocycles. The third-order valence-corrected chi connectivity index (χ3v) is 4.24. The van der Waals surface area contributed by atoms with Gasteiger partial charge in [0.05, 0.1) is 6.10 Å². The fourth-order valence-electron chi connectivity index (χ4n) is 3.17. The van der Waals surface area contributed by atoms with Gasteiger partial charge in [-0.25, -0.2) is 4.79 Å². The summed E-state index contributed by atoms with van der Waals surface area (Å²) < 4.78 is 5.47. The molecule has 0 bridgehead atoms. The summed E-state index contributed by atoms with van der Waals surface area (Å²) in [7, 11) is 0. The Morgan fingerprint density at radius 2 is 1.86 bits per heavy atom. The molecule has 1 N–H and O–H groups in total. The normalized spacial score (nSPS) is 25.9. The monoisotopic (exact) mass is 298 g/mol. The molecule has 0 saturated carbocycles. The van der Waals surface area contributed by atoms with E-state index in [0.717, 1.165) is 52.0 Å². The Morgan fingerprint density at radius 1 is 1.19 bits per heavy atom. The van der Waals surface area contributed by atoms with Crippen LogP contribution in [0, 0.1) is 5.92 Å². The molecule has 1 amide bonds. The summed E-state index contributed by atoms with van der Waals surface area (Å²) in [5, 5.41) is 9.56. The van der Waals surface area contributed by atoms with E-state index in [1.807, 2.05) is 25.7 Å². The molecule has 2 aliphatic heterocycles. The maximum Gasteiger partial charge on any atom is 0.410 e. The lowest BCUT2D eigenvalue weighted by Crippen LogP contribution is -2.47. The van der Waals surface area contributed by atoms with Crippen LogP contribution in [0.2, 0.25) is 0 Å². The molecule has 0 spiro atoms. The largest absolute Gasteiger partial charge is 0.444 e. The number of carbonyl (C=O) groups excluding carboxylic acids is 1. The van der Waals surface area contributed by atoms with Crippen molar-refractivity contribution in [2.75, 3.05) is 32.7 Å². The van der Waals surface area contributed by atoms with Gasteiger partial charge >= 0.3 is 6.09 Å². The Labute approximate surface area is 128 Å². The van der Waals surface area contributed by atoms with Crippen molar-refractivity contribution in [3.63, 3.8) is 0 Å². The quantitative estimate of drug-likeness (QED) is 0.848. The van der Waals surface area contributed by atoms with E-state index in [-0.39, 0.29) is 12.2 Å². The van der Waals surface area contributed by atoms with Crippen molar-refractivity contribution in [2.45, 2.75) is 58.2 Å². The maximum absolute atomic E-state index is 12.2. The highest BCUT2D eigenvalue weighted by Gasteiger charge is 2.29. The molecule has 122 valence electrons. The van der Waals surface area contributed by atoms with Gasteiger partial charge in [-0.05, 0) is 52.4 Å². The van der Waals surface area contributed by atoms with E-state index in [1.54, 1.807) is 0 Å². The van der Waals surface area contributed by atoms with Crippen molar-refractivity contribution < 1.29 is 14.6 Å². The van der Waals surface area contributed by atoms with Gasteiger partial charge in [0.15, 0.2) is 0 Å². The van der Waals surface area contributed by atoms with Crippen molar-refractivity contribution in [3.8, 4) is 0 Å². The number of aliphatic hydroxyl groups excluding tert-OH is 1. The smallest absolute Gasteiger partial charge is 0.410 e. The number of piperidine rings is 2. The SMILES string of the molecule is CC(C)(C)OC(=O)N1CCC[C@@H](CN2CCC(O)CC2)C1. The van der Waals surface area contributed by atoms with Crippen LogP contribution in [0.4, 0.5) is 4.79 Å². The van der Waals surface area contributed by atoms with E-state index < -0.39 is 5.60 Å². The van der Waals surface area contributed by atoms with Gasteiger partial charge in [-0.1, -0.05) is 0 Å². The van der Waals surface area contributed by atoms with Crippen LogP contribution in [-0.2, 0) is 4.74 Å². The molecule has 0 unspecified atom stereocenters. The molecule has 0 aliphatic carbocycles. The topological polar surface area (TPSA) is 53.0 Å². The zero-order valence-corrected chi connectivity index (χ0v) is 13.7. The van der Waals surface area contributed by atoms with Gasteiger partial charge < -0.3 is 19.6 Å². The summed E-state index contributed by atoms with van der Waals surface area (Å²) in [6.07, 6.45) is 3.69. The molecule has 0 aromatic carbocycles. The minimum atomic E-state index is -0.424. The standard InChI is InChI=1S/C16H30N2O3/c1-16(2,3)21-15(20)18-8-4-5-13(12-18)11-17-9-6-14(19)7-10-17/h13-14,19H,4-12H2,1-3H3/t13-/m0/s1. The number of nitrogens with zero attached hydrogens (tertiary/aromatic N) is 2. The zero-order chi connectivity index (χ0) is 15.5. The molecule has 2 rings (SSSR count). The first-order chi connectivity index (χ1) is 9.83. The number of carbonyl (C=O) groups is 1. The number of amides is 1. The molecule has 2 fully saturated rings. The number of hydrogen-bond donors (Lipinski definition) is 1. The Morgan fingerprint density at radius 3 is 2.48 bits per heavy atom. The van der Waals surface area contributed by atoms with Crippen LogP contribution in [0.25, 0.3) is 0 Å². The van der Waals surface area contributed by atoms with Crippen molar-refractivity contribution in [1.82, 2.24) is 9.80 Å². The van der Waals surface area contributed by atoms with Crippen molar-refractivity contribution in [3.05, 3.63) is 0 Å². The molecule has 0 aromatic rings. The van der Waals surface area contributed by atoms with E-state index in [4.69, 9.17) is 4.74 Å². The van der Waals surface area contributed by atoms with Crippen LogP contribution < -0.4 is 0 Å². The molecular weight excluding hydrogens is 268 g/mol. The molecule has 2 aliphatic rings. The van der Waals surface area contributed by atoms with Crippen molar-refractivity contribution >= 4 is 6.09 Å². The van der Waals surface area contributed by atoms with Crippen molar-refractivity contribution in [2.24, 2.45) is 5.92 Å². The number of ether oxygens (including phenoxy) is 1. The first-order valence-electron chi connectivity index (χ1n) is 8.22. The maximum atomic E-state index is 12.2. The second-order valence-corrected chi connectivity index (χ2v) is 7.47. The van der Waals surface area contributed by atoms with Crippen LogP contribution in [0.5, 0.6) is 0 Å². The van der Waals surface area contributed by atoms with Crippen LogP contribution in [0.1, 0.15) is 46.5 Å². The lowest BCUT2D eigenvalue weighted by molar-refractivity contribution is 0.0123. The summed E-state index contributed by atoms with van der Waals surface area (Å²) in [6, 6.07) is 0. The minimum Gasteiger partial charge on any atom is -0.444 e. The summed E-state index contributed by atoms with van der Waals surface area (Å²) in [5.74, 6) is 0.529. The predicted octanol–water partition coefficient (Wildman–Crippen LogP) is 2.09. The summed E-state index contributed by atoms with van der Waals surface area (Å²) in [4.78, 5) is 16.4. The number of hydrogen-bond acceptors (Lipinski definition) is 4. The van der Waals surface area contributed by atoms with Gasteiger partial charge in [0.25, 0.3) is 0 Å². The zero-order valence-electron chi connectivity index (χ0n) is 13.7. The molecule has 0 radical (unpaired) electrons. The fraction of sp³-hybridized carbons (Fsp3) is 0.938. The van der Waals surface area contributed by atoms with E-state index in [2.05, 4.69) is 4.90 Å². The van der Waals surface area contributed by atoms with E-state index >= 15 is 0 Å². The van der Waals surface area contributed by atoms with Crippen LogP contribution >= 0.6 is 0 Å². The Bertz CT molecular complexity index is 346. The highest BCUT2D eigenvalue weighted by molar-refractivity contribution is 5.68. The van der Waals surface area contributed by atoms with E-state index in [1.165, 1.54) is 6.42 Å². The number of likely N-dealkylation sites (tertiary alicyclic amines) is 2. The third kappa shape index (κ3) is 5.47. The summed E-state index contributed by atoms with van der Waals surface area (Å²) >= 11 is 0. The number of rotatable bonds is 2. The fourth-order valence-corrected chi connectivity index (χ4v) is 3.17. The lowest BCUT2D eigenvalue weighted by Gasteiger charge is -2.38. The molecule has 21 heavy (non-hydrogen) atoms. The highest BCUT2D eigenvalue weighted by Crippen LogP contribution is 2.21. The van der Waals surface area contributed by atoms with Crippen LogP contribution in [0.3, 0.4) is 0 Å². The van der Waals surface area contributed by atoms with Gasteiger partial charge in [-0.2, -0.15) is 0 Å². The van der Waals surface area contributed by atoms with Gasteiger partial charge in [-0.15, -0.1) is 0 Å². The van der Waals surface area contributed by atoms with Crippen molar-refractivity contribution in [1.29, 1.82) is 0 Å². The lowest BCUT2D eigenvalue weighted by atomic mass is 9.96. The second-order valence-electron chi connectivity index (χ2n) is 7.47. The molecule has 1 atom stereocenters. The summed E-state index contributed by atoms with van der Waals surface area (Å²) in [5.41, 5.74) is -0.424. The number of aliphatic hydroxyl groups is 1. The molecule has 0 aromatic heterocycles. The Kier molecular flexibility index (Phi) is 5.49. The Balaban J connectivity index is 1.79. The third-order valence-electron chi connectivity index (χ3n) is 4.24. The molecule has 5 nitrogen and oxygen atoms in total. The first kappa shape index (κ1) is 16.6. The van der Waals surface area contributed by atoms with Crippen LogP contribution in [0.15, 0.2) is 0 Å². The highest BCUT2D eigenvalue weighted by atomic mass is 16.6. The van der Waals surface area contributed by atoms with Gasteiger partial charge in [0.2, 0.25) is 0 Å². The minimum absolute atomic E-state index is 0.120. The average molecular weight is 298 g/mol.